The topological polar surface area (TPSA) is 39.7 Å². The van der Waals surface area contributed by atoms with E-state index < -0.39 is 0 Å². The Kier molecular flexibility index (Phi) is 6.17. The maximum atomic E-state index is 5.75. The maximum Gasteiger partial charge on any atom is 0.0990 e. The van der Waals surface area contributed by atoms with Crippen molar-refractivity contribution in [2.75, 3.05) is 34.0 Å². The minimum Gasteiger partial charge on any atom is -0.382 e. The first kappa shape index (κ1) is 12.9. The zero-order valence-electron chi connectivity index (χ0n) is 9.99. The van der Waals surface area contributed by atoms with Crippen LogP contribution in [-0.2, 0) is 14.2 Å². The third-order valence-electron chi connectivity index (χ3n) is 2.75. The summed E-state index contributed by atoms with van der Waals surface area (Å²) in [6, 6.07) is 0.448. The Morgan fingerprint density at radius 3 is 2.60 bits per heavy atom. The molecule has 0 heterocycles. The fourth-order valence-corrected chi connectivity index (χ4v) is 1.79. The summed E-state index contributed by atoms with van der Waals surface area (Å²) < 4.78 is 16.4. The summed E-state index contributed by atoms with van der Waals surface area (Å²) >= 11 is 0. The van der Waals surface area contributed by atoms with E-state index >= 15 is 0 Å². The van der Waals surface area contributed by atoms with Crippen molar-refractivity contribution in [3.8, 4) is 0 Å². The molecule has 90 valence electrons. The fourth-order valence-electron chi connectivity index (χ4n) is 1.79. The van der Waals surface area contributed by atoms with Crippen LogP contribution in [0.1, 0.15) is 19.8 Å². The number of hydrogen-bond acceptors (Lipinski definition) is 4. The summed E-state index contributed by atoms with van der Waals surface area (Å²) in [6.45, 7) is 4.24. The third-order valence-corrected chi connectivity index (χ3v) is 2.75. The molecule has 0 aromatic rings. The zero-order valence-corrected chi connectivity index (χ0v) is 9.99. The van der Waals surface area contributed by atoms with Gasteiger partial charge < -0.3 is 19.5 Å². The van der Waals surface area contributed by atoms with E-state index in [1.54, 1.807) is 7.11 Å². The lowest BCUT2D eigenvalue weighted by Crippen LogP contribution is -2.59. The lowest BCUT2D eigenvalue weighted by molar-refractivity contribution is -0.150. The standard InChI is InChI=1S/C11H23NO3/c1-4-5-15-11-9(12-2)8-10(11)14-7-6-13-3/h9-12H,4-8H2,1-3H3. The average molecular weight is 217 g/mol. The van der Waals surface area contributed by atoms with Crippen LogP contribution in [0.2, 0.25) is 0 Å². The Morgan fingerprint density at radius 1 is 1.20 bits per heavy atom. The predicted octanol–water partition coefficient (Wildman–Crippen LogP) is 0.805. The summed E-state index contributed by atoms with van der Waals surface area (Å²) in [5, 5.41) is 3.24. The Morgan fingerprint density at radius 2 is 2.00 bits per heavy atom. The molecule has 4 nitrogen and oxygen atoms in total. The SMILES string of the molecule is CCCOC1C(NC)CC1OCCOC. The molecule has 0 aliphatic heterocycles. The maximum absolute atomic E-state index is 5.75. The van der Waals surface area contributed by atoms with E-state index in [0.717, 1.165) is 19.4 Å². The van der Waals surface area contributed by atoms with Crippen LogP contribution in [0.15, 0.2) is 0 Å². The number of nitrogens with one attached hydrogen (secondary N) is 1. The van der Waals surface area contributed by atoms with Gasteiger partial charge >= 0.3 is 0 Å². The van der Waals surface area contributed by atoms with Gasteiger partial charge in [0.05, 0.1) is 25.4 Å². The highest BCUT2D eigenvalue weighted by Gasteiger charge is 2.41. The monoisotopic (exact) mass is 217 g/mol. The molecular weight excluding hydrogens is 194 g/mol. The van der Waals surface area contributed by atoms with Gasteiger partial charge in [-0.3, -0.25) is 0 Å². The van der Waals surface area contributed by atoms with E-state index in [1.165, 1.54) is 0 Å². The second kappa shape index (κ2) is 7.17. The van der Waals surface area contributed by atoms with E-state index in [9.17, 15) is 0 Å². The number of hydrogen-bond donors (Lipinski definition) is 1. The fraction of sp³-hybridized carbons (Fsp3) is 1.00. The molecule has 0 bridgehead atoms. The summed E-state index contributed by atoms with van der Waals surface area (Å²) in [5.41, 5.74) is 0. The van der Waals surface area contributed by atoms with Gasteiger partial charge in [-0.2, -0.15) is 0 Å². The van der Waals surface area contributed by atoms with Gasteiger partial charge in [0.1, 0.15) is 0 Å². The Balaban J connectivity index is 2.19. The van der Waals surface area contributed by atoms with Crippen LogP contribution in [0.25, 0.3) is 0 Å². The molecular formula is C11H23NO3. The van der Waals surface area contributed by atoms with Gasteiger partial charge in [0.25, 0.3) is 0 Å². The Labute approximate surface area is 92.3 Å². The quantitative estimate of drug-likeness (QED) is 0.611. The summed E-state index contributed by atoms with van der Waals surface area (Å²) in [6.07, 6.45) is 2.54. The van der Waals surface area contributed by atoms with Gasteiger partial charge in [0.2, 0.25) is 0 Å². The van der Waals surface area contributed by atoms with Gasteiger partial charge in [-0.15, -0.1) is 0 Å². The van der Waals surface area contributed by atoms with E-state index in [2.05, 4.69) is 12.2 Å². The molecule has 1 aliphatic rings. The van der Waals surface area contributed by atoms with E-state index in [-0.39, 0.29) is 12.2 Å². The summed E-state index contributed by atoms with van der Waals surface area (Å²) in [4.78, 5) is 0. The third kappa shape index (κ3) is 3.72. The molecule has 0 amide bonds. The molecule has 0 radical (unpaired) electrons. The van der Waals surface area contributed by atoms with Crippen molar-refractivity contribution in [3.05, 3.63) is 0 Å². The molecule has 1 aliphatic carbocycles. The molecule has 1 fully saturated rings. The van der Waals surface area contributed by atoms with Crippen molar-refractivity contribution in [1.29, 1.82) is 0 Å². The van der Waals surface area contributed by atoms with Crippen molar-refractivity contribution in [3.63, 3.8) is 0 Å². The van der Waals surface area contributed by atoms with Crippen LogP contribution >= 0.6 is 0 Å². The van der Waals surface area contributed by atoms with Crippen LogP contribution in [0.4, 0.5) is 0 Å². The van der Waals surface area contributed by atoms with Gasteiger partial charge in [-0.1, -0.05) is 6.92 Å². The molecule has 0 aromatic heterocycles. The van der Waals surface area contributed by atoms with Crippen molar-refractivity contribution >= 4 is 0 Å². The molecule has 1 rings (SSSR count). The lowest BCUT2D eigenvalue weighted by Gasteiger charge is -2.43. The molecule has 1 N–H and O–H groups in total. The molecule has 15 heavy (non-hydrogen) atoms. The predicted molar refractivity (Wildman–Crippen MR) is 59.1 cm³/mol. The molecule has 0 spiro atoms. The van der Waals surface area contributed by atoms with Crippen LogP contribution < -0.4 is 5.32 Å². The largest absolute Gasteiger partial charge is 0.382 e. The average Bonchev–Trinajstić information content (AvgIpc) is 2.23. The van der Waals surface area contributed by atoms with E-state index in [0.29, 0.717) is 19.3 Å². The lowest BCUT2D eigenvalue weighted by atomic mass is 9.85. The molecule has 1 saturated carbocycles. The zero-order chi connectivity index (χ0) is 11.1. The highest BCUT2D eigenvalue weighted by atomic mass is 16.6. The van der Waals surface area contributed by atoms with Crippen LogP contribution in [0.3, 0.4) is 0 Å². The highest BCUT2D eigenvalue weighted by molar-refractivity contribution is 4.96. The van der Waals surface area contributed by atoms with Crippen molar-refractivity contribution in [1.82, 2.24) is 5.32 Å². The van der Waals surface area contributed by atoms with Gasteiger partial charge in [-0.05, 0) is 19.9 Å². The highest BCUT2D eigenvalue weighted by Crippen LogP contribution is 2.27. The number of rotatable bonds is 8. The number of methoxy groups -OCH3 is 1. The molecule has 4 heteroatoms. The number of likely N-dealkylation sites (N-methyl/N-ethyl adjacent to an activating group) is 1. The van der Waals surface area contributed by atoms with E-state index in [1.807, 2.05) is 7.05 Å². The second-order valence-electron chi connectivity index (χ2n) is 3.87. The molecule has 3 unspecified atom stereocenters. The molecule has 0 aromatic carbocycles. The Bertz CT molecular complexity index is 166. The number of ether oxygens (including phenoxy) is 3. The molecule has 3 atom stereocenters. The van der Waals surface area contributed by atoms with Crippen LogP contribution in [-0.4, -0.2) is 52.2 Å². The van der Waals surface area contributed by atoms with Crippen molar-refractivity contribution in [2.24, 2.45) is 0 Å². The first-order chi connectivity index (χ1) is 7.33. The van der Waals surface area contributed by atoms with Crippen LogP contribution in [0.5, 0.6) is 0 Å². The Hall–Kier alpha value is -0.160. The van der Waals surface area contributed by atoms with E-state index in [4.69, 9.17) is 14.2 Å². The first-order valence-electron chi connectivity index (χ1n) is 5.72. The normalized spacial score (nSPS) is 30.2. The summed E-state index contributed by atoms with van der Waals surface area (Å²) in [7, 11) is 3.66. The minimum atomic E-state index is 0.215. The minimum absolute atomic E-state index is 0.215. The smallest absolute Gasteiger partial charge is 0.0990 e. The summed E-state index contributed by atoms with van der Waals surface area (Å²) in [5.74, 6) is 0. The van der Waals surface area contributed by atoms with Gasteiger partial charge in [-0.25, -0.2) is 0 Å². The molecule has 0 saturated heterocycles. The second-order valence-corrected chi connectivity index (χ2v) is 3.87. The van der Waals surface area contributed by atoms with Crippen molar-refractivity contribution in [2.45, 2.75) is 38.0 Å². The van der Waals surface area contributed by atoms with Gasteiger partial charge in [0, 0.05) is 19.8 Å². The van der Waals surface area contributed by atoms with Crippen molar-refractivity contribution < 1.29 is 14.2 Å². The first-order valence-corrected chi connectivity index (χ1v) is 5.72. The van der Waals surface area contributed by atoms with Crippen LogP contribution in [0, 0.1) is 0 Å². The van der Waals surface area contributed by atoms with Gasteiger partial charge in [0.15, 0.2) is 0 Å².